The second-order valence-corrected chi connectivity index (χ2v) is 5.86. The third-order valence-corrected chi connectivity index (χ3v) is 4.42. The van der Waals surface area contributed by atoms with Crippen LogP contribution >= 0.6 is 12.6 Å². The molecule has 0 spiro atoms. The van der Waals surface area contributed by atoms with Gasteiger partial charge in [-0.15, -0.1) is 0 Å². The van der Waals surface area contributed by atoms with Crippen molar-refractivity contribution in [2.24, 2.45) is 5.92 Å². The van der Waals surface area contributed by atoms with Gasteiger partial charge in [-0.2, -0.15) is 12.6 Å². The largest absolute Gasteiger partial charge is 0.320 e. The Morgan fingerprint density at radius 1 is 1.45 bits per heavy atom. The molecule has 1 aliphatic rings. The van der Waals surface area contributed by atoms with Crippen LogP contribution < -0.4 is 5.56 Å². The molecule has 4 nitrogen and oxygen atoms in total. The maximum Gasteiger partial charge on any atom is 0.251 e. The third kappa shape index (κ3) is 2.60. The van der Waals surface area contributed by atoms with Crippen LogP contribution in [0.4, 0.5) is 0 Å². The molecular weight excluding hydrogens is 270 g/mol. The van der Waals surface area contributed by atoms with Crippen molar-refractivity contribution in [2.75, 3.05) is 18.8 Å². The summed E-state index contributed by atoms with van der Waals surface area (Å²) in [5.41, 5.74) is 3.63. The van der Waals surface area contributed by atoms with E-state index >= 15 is 0 Å². The van der Waals surface area contributed by atoms with Crippen LogP contribution in [0.3, 0.4) is 0 Å². The number of nitrogens with zero attached hydrogens (tertiary/aromatic N) is 2. The van der Waals surface area contributed by atoms with E-state index in [4.69, 9.17) is 0 Å². The number of aromatic amines is 1. The molecule has 0 atom stereocenters. The van der Waals surface area contributed by atoms with Gasteiger partial charge in [0, 0.05) is 31.4 Å². The zero-order valence-corrected chi connectivity index (χ0v) is 12.5. The lowest BCUT2D eigenvalue weighted by Gasteiger charge is -2.38. The molecule has 0 bridgehead atoms. The van der Waals surface area contributed by atoms with Crippen molar-refractivity contribution in [1.82, 2.24) is 14.9 Å². The minimum absolute atomic E-state index is 0.00182. The Kier molecular flexibility index (Phi) is 3.81. The topological polar surface area (TPSA) is 49.0 Å². The Bertz CT molecular complexity index is 676. The number of likely N-dealkylation sites (tertiary alicyclic amines) is 1. The van der Waals surface area contributed by atoms with Crippen LogP contribution in [0, 0.1) is 5.92 Å². The number of aromatic nitrogens is 2. The molecule has 0 amide bonds. The molecule has 106 valence electrons. The van der Waals surface area contributed by atoms with E-state index in [1.807, 2.05) is 25.3 Å². The van der Waals surface area contributed by atoms with Crippen molar-refractivity contribution in [2.45, 2.75) is 19.9 Å². The number of hydrogen-bond acceptors (Lipinski definition) is 4. The van der Waals surface area contributed by atoms with Gasteiger partial charge in [0.05, 0.1) is 11.0 Å². The molecule has 1 saturated heterocycles. The summed E-state index contributed by atoms with van der Waals surface area (Å²) in [5, 5.41) is 0. The van der Waals surface area contributed by atoms with Crippen LogP contribution in [0.2, 0.25) is 0 Å². The van der Waals surface area contributed by atoms with Crippen molar-refractivity contribution in [3.05, 3.63) is 39.8 Å². The quantitative estimate of drug-likeness (QED) is 0.845. The van der Waals surface area contributed by atoms with E-state index in [-0.39, 0.29) is 5.56 Å². The summed E-state index contributed by atoms with van der Waals surface area (Å²) >= 11 is 4.31. The predicted octanol–water partition coefficient (Wildman–Crippen LogP) is 1.85. The zero-order chi connectivity index (χ0) is 14.1. The Balaban J connectivity index is 1.82. The lowest BCUT2D eigenvalue weighted by Crippen LogP contribution is -2.46. The molecule has 0 aliphatic carbocycles. The Labute approximate surface area is 123 Å². The van der Waals surface area contributed by atoms with Crippen molar-refractivity contribution < 1.29 is 0 Å². The fraction of sp³-hybridized carbons (Fsp3) is 0.467. The second-order valence-electron chi connectivity index (χ2n) is 5.50. The van der Waals surface area contributed by atoms with Gasteiger partial charge in [-0.1, -0.05) is 6.92 Å². The van der Waals surface area contributed by atoms with E-state index in [0.717, 1.165) is 59.9 Å². The Morgan fingerprint density at radius 3 is 2.95 bits per heavy atom. The number of hydrogen-bond donors (Lipinski definition) is 2. The van der Waals surface area contributed by atoms with Crippen molar-refractivity contribution >= 4 is 23.7 Å². The number of nitrogens with one attached hydrogen (secondary N) is 1. The highest BCUT2D eigenvalue weighted by atomic mass is 32.1. The highest BCUT2D eigenvalue weighted by molar-refractivity contribution is 7.80. The molecule has 0 aromatic carbocycles. The Morgan fingerprint density at radius 2 is 2.25 bits per heavy atom. The van der Waals surface area contributed by atoms with E-state index in [0.29, 0.717) is 0 Å². The van der Waals surface area contributed by atoms with Gasteiger partial charge >= 0.3 is 0 Å². The lowest BCUT2D eigenvalue weighted by molar-refractivity contribution is 0.108. The number of fused-ring (bicyclic) bond motifs is 1. The molecule has 3 heterocycles. The standard InChI is InChI=1S/C15H19N3OS/c1-2-12-4-13-14(17-15(12)19)3-10(5-16-13)6-18-7-11(8-18)9-20/h3-5,11,20H,2,6-9H2,1H3,(H,17,19). The first-order chi connectivity index (χ1) is 9.69. The van der Waals surface area contributed by atoms with Crippen LogP contribution in [-0.2, 0) is 13.0 Å². The average molecular weight is 289 g/mol. The van der Waals surface area contributed by atoms with Crippen molar-refractivity contribution in [3.8, 4) is 0 Å². The summed E-state index contributed by atoms with van der Waals surface area (Å²) in [6.45, 7) is 5.08. The van der Waals surface area contributed by atoms with Gasteiger partial charge in [-0.05, 0) is 35.8 Å². The number of H-pyrrole nitrogens is 1. The summed E-state index contributed by atoms with van der Waals surface area (Å²) in [5.74, 6) is 1.68. The van der Waals surface area contributed by atoms with Gasteiger partial charge in [-0.25, -0.2) is 0 Å². The minimum atomic E-state index is -0.00182. The lowest BCUT2D eigenvalue weighted by atomic mass is 10.0. The molecule has 2 aromatic rings. The second kappa shape index (κ2) is 5.58. The zero-order valence-electron chi connectivity index (χ0n) is 11.6. The monoisotopic (exact) mass is 289 g/mol. The Hall–Kier alpha value is -1.33. The van der Waals surface area contributed by atoms with Crippen LogP contribution in [-0.4, -0.2) is 33.7 Å². The van der Waals surface area contributed by atoms with E-state index < -0.39 is 0 Å². The first-order valence-electron chi connectivity index (χ1n) is 7.03. The molecule has 0 radical (unpaired) electrons. The molecular formula is C15H19N3OS. The van der Waals surface area contributed by atoms with Gasteiger partial charge in [0.1, 0.15) is 0 Å². The molecule has 3 rings (SSSR count). The average Bonchev–Trinajstić information content (AvgIpc) is 2.41. The first-order valence-corrected chi connectivity index (χ1v) is 7.67. The van der Waals surface area contributed by atoms with E-state index in [9.17, 15) is 4.79 Å². The van der Waals surface area contributed by atoms with E-state index in [1.165, 1.54) is 0 Å². The number of rotatable bonds is 4. The van der Waals surface area contributed by atoms with Crippen LogP contribution in [0.15, 0.2) is 23.1 Å². The van der Waals surface area contributed by atoms with Gasteiger partial charge in [0.25, 0.3) is 5.56 Å². The van der Waals surface area contributed by atoms with Gasteiger partial charge < -0.3 is 4.98 Å². The highest BCUT2D eigenvalue weighted by Gasteiger charge is 2.25. The number of thiol groups is 1. The summed E-state index contributed by atoms with van der Waals surface area (Å²) in [6, 6.07) is 3.93. The predicted molar refractivity (Wildman–Crippen MR) is 84.4 cm³/mol. The molecule has 1 N–H and O–H groups in total. The van der Waals surface area contributed by atoms with Crippen LogP contribution in [0.25, 0.3) is 11.0 Å². The van der Waals surface area contributed by atoms with Gasteiger partial charge in [0.2, 0.25) is 0 Å². The molecule has 1 fully saturated rings. The smallest absolute Gasteiger partial charge is 0.251 e. The maximum absolute atomic E-state index is 11.8. The normalized spacial score (nSPS) is 16.5. The molecule has 0 unspecified atom stereocenters. The van der Waals surface area contributed by atoms with Gasteiger partial charge in [-0.3, -0.25) is 14.7 Å². The molecule has 5 heteroatoms. The number of pyridine rings is 2. The minimum Gasteiger partial charge on any atom is -0.320 e. The molecule has 20 heavy (non-hydrogen) atoms. The van der Waals surface area contributed by atoms with E-state index in [2.05, 4.69) is 27.5 Å². The van der Waals surface area contributed by atoms with E-state index in [1.54, 1.807) is 0 Å². The van der Waals surface area contributed by atoms with Crippen LogP contribution in [0.5, 0.6) is 0 Å². The fourth-order valence-electron chi connectivity index (χ4n) is 2.70. The highest BCUT2D eigenvalue weighted by Crippen LogP contribution is 2.20. The summed E-state index contributed by atoms with van der Waals surface area (Å²) in [4.78, 5) is 21.6. The van der Waals surface area contributed by atoms with Crippen molar-refractivity contribution in [1.29, 1.82) is 0 Å². The molecule has 0 saturated carbocycles. The summed E-state index contributed by atoms with van der Waals surface area (Å²) in [6.07, 6.45) is 2.64. The fourth-order valence-corrected chi connectivity index (χ4v) is 2.93. The third-order valence-electron chi connectivity index (χ3n) is 3.90. The molecule has 2 aromatic heterocycles. The summed E-state index contributed by atoms with van der Waals surface area (Å²) in [7, 11) is 0. The SMILES string of the molecule is CCc1cc2ncc(CN3CC(CS)C3)cc2[nH]c1=O. The van der Waals surface area contributed by atoms with Crippen LogP contribution in [0.1, 0.15) is 18.1 Å². The number of aryl methyl sites for hydroxylation is 1. The summed E-state index contributed by atoms with van der Waals surface area (Å²) < 4.78 is 0. The maximum atomic E-state index is 11.8. The van der Waals surface area contributed by atoms with Gasteiger partial charge in [0.15, 0.2) is 0 Å². The van der Waals surface area contributed by atoms with Crippen molar-refractivity contribution in [3.63, 3.8) is 0 Å². The molecule has 1 aliphatic heterocycles. The first kappa shape index (κ1) is 13.6.